The van der Waals surface area contributed by atoms with Gasteiger partial charge in [0.25, 0.3) is 0 Å². The second kappa shape index (κ2) is 4.37. The quantitative estimate of drug-likeness (QED) is 0.781. The van der Waals surface area contributed by atoms with Crippen LogP contribution in [0.5, 0.6) is 0 Å². The summed E-state index contributed by atoms with van der Waals surface area (Å²) in [6.07, 6.45) is 0.376. The van der Waals surface area contributed by atoms with E-state index in [0.29, 0.717) is 12.1 Å². The van der Waals surface area contributed by atoms with Gasteiger partial charge in [-0.05, 0) is 18.6 Å². The Morgan fingerprint density at radius 3 is 2.41 bits per heavy atom. The predicted octanol–water partition coefficient (Wildman–Crippen LogP) is 1.30. The van der Waals surface area contributed by atoms with Gasteiger partial charge in [0, 0.05) is 0 Å². The fraction of sp³-hybridized carbons (Fsp3) is 0.250. The van der Waals surface area contributed by atoms with Crippen molar-refractivity contribution in [3.8, 4) is 0 Å². The SMILES string of the molecule is CC[C@H]1C(=O)NC(=O)N(c2ccccc2)C1=O. The van der Waals surface area contributed by atoms with Gasteiger partial charge < -0.3 is 0 Å². The molecule has 1 atom stereocenters. The summed E-state index contributed by atoms with van der Waals surface area (Å²) < 4.78 is 0. The normalized spacial score (nSPS) is 20.4. The molecule has 1 aliphatic rings. The van der Waals surface area contributed by atoms with Crippen molar-refractivity contribution in [3.63, 3.8) is 0 Å². The van der Waals surface area contributed by atoms with Crippen LogP contribution in [0.4, 0.5) is 10.5 Å². The van der Waals surface area contributed by atoms with Crippen molar-refractivity contribution in [2.75, 3.05) is 4.90 Å². The summed E-state index contributed by atoms with van der Waals surface area (Å²) in [6.45, 7) is 1.74. The molecule has 1 heterocycles. The number of amides is 4. The molecule has 1 aromatic rings. The highest BCUT2D eigenvalue weighted by molar-refractivity contribution is 6.27. The van der Waals surface area contributed by atoms with E-state index < -0.39 is 23.8 Å². The number of barbiturate groups is 1. The summed E-state index contributed by atoms with van der Waals surface area (Å²) in [7, 11) is 0. The molecule has 5 heteroatoms. The van der Waals surface area contributed by atoms with E-state index in [1.165, 1.54) is 0 Å². The number of urea groups is 1. The van der Waals surface area contributed by atoms with E-state index in [2.05, 4.69) is 5.32 Å². The van der Waals surface area contributed by atoms with E-state index >= 15 is 0 Å². The first-order valence-corrected chi connectivity index (χ1v) is 5.39. The molecule has 0 aromatic heterocycles. The molecule has 1 N–H and O–H groups in total. The maximum atomic E-state index is 12.0. The van der Waals surface area contributed by atoms with Gasteiger partial charge in [0.15, 0.2) is 0 Å². The zero-order valence-electron chi connectivity index (χ0n) is 9.34. The third kappa shape index (κ3) is 1.91. The molecule has 88 valence electrons. The minimum atomic E-state index is -0.784. The molecule has 0 bridgehead atoms. The molecule has 0 unspecified atom stereocenters. The maximum Gasteiger partial charge on any atom is 0.335 e. The number of carbonyl (C=O) groups is 3. The minimum absolute atomic E-state index is 0.376. The summed E-state index contributed by atoms with van der Waals surface area (Å²) in [5.41, 5.74) is 0.473. The van der Waals surface area contributed by atoms with Crippen LogP contribution in [-0.4, -0.2) is 17.8 Å². The molecule has 17 heavy (non-hydrogen) atoms. The number of carbonyl (C=O) groups excluding carboxylic acids is 3. The maximum absolute atomic E-state index is 12.0. The minimum Gasteiger partial charge on any atom is -0.277 e. The van der Waals surface area contributed by atoms with E-state index in [-0.39, 0.29) is 0 Å². The highest BCUT2D eigenvalue weighted by Crippen LogP contribution is 2.21. The van der Waals surface area contributed by atoms with E-state index in [9.17, 15) is 14.4 Å². The van der Waals surface area contributed by atoms with Crippen molar-refractivity contribution in [2.45, 2.75) is 13.3 Å². The van der Waals surface area contributed by atoms with Gasteiger partial charge in [-0.3, -0.25) is 14.9 Å². The second-order valence-electron chi connectivity index (χ2n) is 3.76. The molecule has 0 radical (unpaired) electrons. The number of anilines is 1. The molecule has 0 spiro atoms. The zero-order chi connectivity index (χ0) is 12.4. The standard InChI is InChI=1S/C12H12N2O3/c1-2-9-10(15)13-12(17)14(11(9)16)8-6-4-3-5-7-8/h3-7,9H,2H2,1H3,(H,13,15,17)/t9-/m0/s1. The Kier molecular flexibility index (Phi) is 2.91. The number of benzene rings is 1. The largest absolute Gasteiger partial charge is 0.335 e. The molecule has 1 fully saturated rings. The first-order valence-electron chi connectivity index (χ1n) is 5.39. The highest BCUT2D eigenvalue weighted by Gasteiger charge is 2.39. The van der Waals surface area contributed by atoms with Crippen molar-refractivity contribution in [1.29, 1.82) is 0 Å². The van der Waals surface area contributed by atoms with E-state index in [4.69, 9.17) is 0 Å². The Labute approximate surface area is 98.4 Å². The van der Waals surface area contributed by atoms with Gasteiger partial charge in [0.2, 0.25) is 11.8 Å². The van der Waals surface area contributed by atoms with Gasteiger partial charge in [-0.15, -0.1) is 0 Å². The number of para-hydroxylation sites is 1. The van der Waals surface area contributed by atoms with Crippen LogP contribution in [0, 0.1) is 5.92 Å². The molecule has 1 saturated heterocycles. The van der Waals surface area contributed by atoms with Gasteiger partial charge in [-0.25, -0.2) is 9.69 Å². The Balaban J connectivity index is 2.37. The lowest BCUT2D eigenvalue weighted by Gasteiger charge is -2.29. The van der Waals surface area contributed by atoms with Crippen LogP contribution in [0.3, 0.4) is 0 Å². The molecule has 1 aromatic carbocycles. The molecular weight excluding hydrogens is 220 g/mol. The van der Waals surface area contributed by atoms with E-state index in [1.807, 2.05) is 0 Å². The Bertz CT molecular complexity index is 470. The van der Waals surface area contributed by atoms with Crippen LogP contribution < -0.4 is 10.2 Å². The molecule has 4 amide bonds. The van der Waals surface area contributed by atoms with Crippen LogP contribution in [-0.2, 0) is 9.59 Å². The topological polar surface area (TPSA) is 66.5 Å². The number of rotatable bonds is 2. The Morgan fingerprint density at radius 2 is 1.82 bits per heavy atom. The summed E-state index contributed by atoms with van der Waals surface area (Å²) in [5, 5.41) is 2.19. The molecular formula is C12H12N2O3. The molecule has 0 aliphatic carbocycles. The number of nitrogens with zero attached hydrogens (tertiary/aromatic N) is 1. The Morgan fingerprint density at radius 1 is 1.18 bits per heavy atom. The number of imide groups is 2. The molecule has 0 saturated carbocycles. The highest BCUT2D eigenvalue weighted by atomic mass is 16.2. The molecule has 2 rings (SSSR count). The first kappa shape index (κ1) is 11.3. The summed E-state index contributed by atoms with van der Waals surface area (Å²) in [6, 6.07) is 7.87. The van der Waals surface area contributed by atoms with Crippen LogP contribution in [0.15, 0.2) is 30.3 Å². The fourth-order valence-electron chi connectivity index (χ4n) is 1.80. The smallest absolute Gasteiger partial charge is 0.277 e. The summed E-state index contributed by atoms with van der Waals surface area (Å²) in [4.78, 5) is 36.1. The molecule has 5 nitrogen and oxygen atoms in total. The van der Waals surface area contributed by atoms with Crippen molar-refractivity contribution >= 4 is 23.5 Å². The number of hydrogen-bond acceptors (Lipinski definition) is 3. The number of hydrogen-bond donors (Lipinski definition) is 1. The molecule has 1 aliphatic heterocycles. The second-order valence-corrected chi connectivity index (χ2v) is 3.76. The Hall–Kier alpha value is -2.17. The van der Waals surface area contributed by atoms with Gasteiger partial charge in [-0.2, -0.15) is 0 Å². The van der Waals surface area contributed by atoms with Crippen molar-refractivity contribution in [3.05, 3.63) is 30.3 Å². The fourth-order valence-corrected chi connectivity index (χ4v) is 1.80. The van der Waals surface area contributed by atoms with Gasteiger partial charge in [0.05, 0.1) is 5.69 Å². The third-order valence-electron chi connectivity index (χ3n) is 2.69. The monoisotopic (exact) mass is 232 g/mol. The van der Waals surface area contributed by atoms with Crippen LogP contribution in [0.2, 0.25) is 0 Å². The predicted molar refractivity (Wildman–Crippen MR) is 61.2 cm³/mol. The van der Waals surface area contributed by atoms with E-state index in [1.54, 1.807) is 37.3 Å². The lowest BCUT2D eigenvalue weighted by Crippen LogP contribution is -2.58. The number of nitrogens with one attached hydrogen (secondary N) is 1. The van der Waals surface area contributed by atoms with Crippen LogP contribution >= 0.6 is 0 Å². The average molecular weight is 232 g/mol. The van der Waals surface area contributed by atoms with Gasteiger partial charge in [-0.1, -0.05) is 25.1 Å². The van der Waals surface area contributed by atoms with Crippen molar-refractivity contribution in [2.24, 2.45) is 5.92 Å². The van der Waals surface area contributed by atoms with Crippen LogP contribution in [0.25, 0.3) is 0 Å². The zero-order valence-corrected chi connectivity index (χ0v) is 9.34. The third-order valence-corrected chi connectivity index (χ3v) is 2.69. The first-order chi connectivity index (χ1) is 8.15. The van der Waals surface area contributed by atoms with Gasteiger partial charge in [0.1, 0.15) is 5.92 Å². The van der Waals surface area contributed by atoms with Crippen molar-refractivity contribution < 1.29 is 14.4 Å². The summed E-state index contributed by atoms with van der Waals surface area (Å²) in [5.74, 6) is -1.77. The van der Waals surface area contributed by atoms with Gasteiger partial charge >= 0.3 is 6.03 Å². The summed E-state index contributed by atoms with van der Waals surface area (Å²) >= 11 is 0. The van der Waals surface area contributed by atoms with Crippen molar-refractivity contribution in [1.82, 2.24) is 5.32 Å². The average Bonchev–Trinajstić information content (AvgIpc) is 2.30. The lowest BCUT2D eigenvalue weighted by atomic mass is 10.0. The van der Waals surface area contributed by atoms with E-state index in [0.717, 1.165) is 4.90 Å². The lowest BCUT2D eigenvalue weighted by molar-refractivity contribution is -0.134. The van der Waals surface area contributed by atoms with Crippen LogP contribution in [0.1, 0.15) is 13.3 Å².